The van der Waals surface area contributed by atoms with Gasteiger partial charge in [-0.3, -0.25) is 4.90 Å². The number of fused-ring (bicyclic) bond motifs is 1. The number of carboxylic acid groups (broad SMARTS) is 1. The number of rotatable bonds is 6. The van der Waals surface area contributed by atoms with Crippen LogP contribution in [0.2, 0.25) is 0 Å². The number of halogens is 1. The van der Waals surface area contributed by atoms with Crippen molar-refractivity contribution in [1.29, 1.82) is 0 Å². The highest BCUT2D eigenvalue weighted by molar-refractivity contribution is 5.80. The van der Waals surface area contributed by atoms with Crippen LogP contribution in [0.3, 0.4) is 0 Å². The van der Waals surface area contributed by atoms with Gasteiger partial charge in [0.05, 0.1) is 17.6 Å². The fourth-order valence-corrected chi connectivity index (χ4v) is 2.42. The molecule has 1 unspecified atom stereocenters. The van der Waals surface area contributed by atoms with Crippen LogP contribution in [0.4, 0.5) is 4.39 Å². The van der Waals surface area contributed by atoms with E-state index in [1.54, 1.807) is 17.6 Å². The molecule has 0 aliphatic rings. The molecule has 1 N–H and O–H groups in total. The van der Waals surface area contributed by atoms with Gasteiger partial charge in [0.1, 0.15) is 17.7 Å². The third-order valence-electron chi connectivity index (χ3n) is 3.73. The van der Waals surface area contributed by atoms with Crippen molar-refractivity contribution >= 4 is 17.0 Å². The van der Waals surface area contributed by atoms with Gasteiger partial charge in [-0.05, 0) is 32.1 Å². The molecule has 0 aliphatic heterocycles. The van der Waals surface area contributed by atoms with Crippen LogP contribution in [0.25, 0.3) is 11.0 Å². The number of hydrogen-bond donors (Lipinski definition) is 1. The van der Waals surface area contributed by atoms with Gasteiger partial charge in [-0.25, -0.2) is 14.2 Å². The highest BCUT2D eigenvalue weighted by atomic mass is 19.1. The van der Waals surface area contributed by atoms with E-state index in [1.165, 1.54) is 12.1 Å². The molecule has 114 valence electrons. The summed E-state index contributed by atoms with van der Waals surface area (Å²) < 4.78 is 15.0. The zero-order valence-electron chi connectivity index (χ0n) is 12.5. The number of aliphatic carboxylic acids is 1. The van der Waals surface area contributed by atoms with Crippen LogP contribution in [0, 0.1) is 5.82 Å². The summed E-state index contributed by atoms with van der Waals surface area (Å²) in [5, 5.41) is 9.30. The monoisotopic (exact) mass is 293 g/mol. The topological polar surface area (TPSA) is 58.4 Å². The molecule has 0 amide bonds. The van der Waals surface area contributed by atoms with Crippen molar-refractivity contribution in [2.45, 2.75) is 33.4 Å². The molecule has 0 saturated heterocycles. The second-order valence-corrected chi connectivity index (χ2v) is 5.01. The Morgan fingerprint density at radius 2 is 2.10 bits per heavy atom. The molecule has 21 heavy (non-hydrogen) atoms. The van der Waals surface area contributed by atoms with Crippen LogP contribution in [0.15, 0.2) is 18.2 Å². The molecule has 2 aromatic rings. The summed E-state index contributed by atoms with van der Waals surface area (Å²) in [7, 11) is 0. The Balaban J connectivity index is 2.56. The lowest BCUT2D eigenvalue weighted by Gasteiger charge is -2.20. The van der Waals surface area contributed by atoms with Crippen molar-refractivity contribution in [3.05, 3.63) is 29.8 Å². The first-order chi connectivity index (χ1) is 9.97. The Labute approximate surface area is 123 Å². The molecule has 2 rings (SSSR count). The van der Waals surface area contributed by atoms with Crippen LogP contribution < -0.4 is 0 Å². The van der Waals surface area contributed by atoms with Crippen molar-refractivity contribution < 1.29 is 14.3 Å². The molecular weight excluding hydrogens is 273 g/mol. The van der Waals surface area contributed by atoms with Crippen LogP contribution in [0.5, 0.6) is 0 Å². The first-order valence-electron chi connectivity index (χ1n) is 7.09. The molecule has 1 aromatic carbocycles. The Morgan fingerprint density at radius 1 is 1.43 bits per heavy atom. The molecule has 6 heteroatoms. The Kier molecular flexibility index (Phi) is 4.57. The van der Waals surface area contributed by atoms with E-state index in [-0.39, 0.29) is 5.82 Å². The Hall–Kier alpha value is -1.95. The third-order valence-corrected chi connectivity index (χ3v) is 3.73. The number of aromatic nitrogens is 2. The second kappa shape index (κ2) is 6.22. The van der Waals surface area contributed by atoms with Crippen LogP contribution in [-0.4, -0.2) is 38.6 Å². The van der Waals surface area contributed by atoms with Crippen molar-refractivity contribution in [2.75, 3.05) is 13.1 Å². The van der Waals surface area contributed by atoms with E-state index in [0.29, 0.717) is 23.4 Å². The quantitative estimate of drug-likeness (QED) is 0.889. The van der Waals surface area contributed by atoms with E-state index < -0.39 is 12.0 Å². The number of carbonyl (C=O) groups is 1. The minimum atomic E-state index is -0.931. The summed E-state index contributed by atoms with van der Waals surface area (Å²) in [6, 6.07) is 3.51. The van der Waals surface area contributed by atoms with Gasteiger partial charge in [0, 0.05) is 6.07 Å². The van der Waals surface area contributed by atoms with E-state index in [4.69, 9.17) is 0 Å². The Morgan fingerprint density at radius 3 is 2.67 bits per heavy atom. The van der Waals surface area contributed by atoms with Gasteiger partial charge < -0.3 is 9.67 Å². The average molecular weight is 293 g/mol. The average Bonchev–Trinajstić information content (AvgIpc) is 2.80. The summed E-state index contributed by atoms with van der Waals surface area (Å²) in [5.41, 5.74) is 1.14. The zero-order valence-corrected chi connectivity index (χ0v) is 12.5. The van der Waals surface area contributed by atoms with E-state index in [9.17, 15) is 14.3 Å². The highest BCUT2D eigenvalue weighted by Gasteiger charge is 2.22. The predicted octanol–water partition coefficient (Wildman–Crippen LogP) is 2.66. The summed E-state index contributed by atoms with van der Waals surface area (Å²) in [6.45, 7) is 7.91. The fourth-order valence-electron chi connectivity index (χ4n) is 2.42. The van der Waals surface area contributed by atoms with Crippen molar-refractivity contribution in [3.8, 4) is 0 Å². The minimum absolute atomic E-state index is 0.371. The SMILES string of the molecule is CCN(CC)Cc1nc2cc(F)ccc2n1C(C)C(=O)O. The summed E-state index contributed by atoms with van der Waals surface area (Å²) in [5.74, 6) is -0.655. The normalized spacial score (nSPS) is 13.0. The third kappa shape index (κ3) is 3.05. The lowest BCUT2D eigenvalue weighted by Crippen LogP contribution is -2.26. The molecular formula is C15H20FN3O2. The number of hydrogen-bond acceptors (Lipinski definition) is 3. The molecule has 0 fully saturated rings. The largest absolute Gasteiger partial charge is 0.480 e. The molecule has 1 aromatic heterocycles. The van der Waals surface area contributed by atoms with Gasteiger partial charge >= 0.3 is 5.97 Å². The summed E-state index contributed by atoms with van der Waals surface area (Å²) in [6.07, 6.45) is 0. The first-order valence-corrected chi connectivity index (χ1v) is 7.09. The number of benzene rings is 1. The van der Waals surface area contributed by atoms with Crippen molar-refractivity contribution in [1.82, 2.24) is 14.5 Å². The van der Waals surface area contributed by atoms with Crippen molar-refractivity contribution in [3.63, 3.8) is 0 Å². The number of carboxylic acids is 1. The molecule has 0 radical (unpaired) electrons. The van der Waals surface area contributed by atoms with Gasteiger partial charge in [-0.15, -0.1) is 0 Å². The summed E-state index contributed by atoms with van der Waals surface area (Å²) in [4.78, 5) is 17.9. The van der Waals surface area contributed by atoms with Gasteiger partial charge in [0.2, 0.25) is 0 Å². The Bertz CT molecular complexity index is 650. The second-order valence-electron chi connectivity index (χ2n) is 5.01. The highest BCUT2D eigenvalue weighted by Crippen LogP contribution is 2.23. The molecule has 5 nitrogen and oxygen atoms in total. The lowest BCUT2D eigenvalue weighted by atomic mass is 10.2. The van der Waals surface area contributed by atoms with Gasteiger partial charge in [-0.1, -0.05) is 13.8 Å². The van der Waals surface area contributed by atoms with E-state index >= 15 is 0 Å². The predicted molar refractivity (Wildman–Crippen MR) is 78.7 cm³/mol. The van der Waals surface area contributed by atoms with Crippen LogP contribution in [-0.2, 0) is 11.3 Å². The molecule has 1 atom stereocenters. The molecule has 0 aliphatic carbocycles. The van der Waals surface area contributed by atoms with E-state index in [2.05, 4.69) is 9.88 Å². The molecule has 0 spiro atoms. The number of nitrogens with zero attached hydrogens (tertiary/aromatic N) is 3. The summed E-state index contributed by atoms with van der Waals surface area (Å²) >= 11 is 0. The maximum absolute atomic E-state index is 13.4. The molecule has 0 saturated carbocycles. The van der Waals surface area contributed by atoms with Crippen LogP contribution in [0.1, 0.15) is 32.6 Å². The number of imidazole rings is 1. The van der Waals surface area contributed by atoms with Gasteiger partial charge in [-0.2, -0.15) is 0 Å². The van der Waals surface area contributed by atoms with Gasteiger partial charge in [0.25, 0.3) is 0 Å². The smallest absolute Gasteiger partial charge is 0.326 e. The van der Waals surface area contributed by atoms with E-state index in [1.807, 2.05) is 13.8 Å². The van der Waals surface area contributed by atoms with Crippen molar-refractivity contribution in [2.24, 2.45) is 0 Å². The van der Waals surface area contributed by atoms with E-state index in [0.717, 1.165) is 13.1 Å². The van der Waals surface area contributed by atoms with Crippen LogP contribution >= 0.6 is 0 Å². The molecule has 1 heterocycles. The standard InChI is InChI=1S/C15H20FN3O2/c1-4-18(5-2)9-14-17-12-8-11(16)6-7-13(12)19(14)10(3)15(20)21/h6-8,10H,4-5,9H2,1-3H3,(H,20,21). The first kappa shape index (κ1) is 15.4. The minimum Gasteiger partial charge on any atom is -0.480 e. The fraction of sp³-hybridized carbons (Fsp3) is 0.467. The molecule has 0 bridgehead atoms. The maximum atomic E-state index is 13.4. The zero-order chi connectivity index (χ0) is 15.6. The van der Waals surface area contributed by atoms with Gasteiger partial charge in [0.15, 0.2) is 0 Å². The maximum Gasteiger partial charge on any atom is 0.326 e. The lowest BCUT2D eigenvalue weighted by molar-refractivity contribution is -0.140.